The molecule has 0 bridgehead atoms. The van der Waals surface area contributed by atoms with Crippen LogP contribution in [0.25, 0.3) is 10.9 Å². The molecular weight excluding hydrogens is 294 g/mol. The summed E-state index contributed by atoms with van der Waals surface area (Å²) in [4.78, 5) is 18.2. The molecule has 1 aromatic carbocycles. The number of para-hydroxylation sites is 1. The molecule has 118 valence electrons. The van der Waals surface area contributed by atoms with Crippen molar-refractivity contribution in [1.82, 2.24) is 14.5 Å². The molecule has 1 fully saturated rings. The summed E-state index contributed by atoms with van der Waals surface area (Å²) in [6.45, 7) is 5.20. The average molecular weight is 317 g/mol. The Morgan fingerprint density at radius 3 is 2.91 bits per heavy atom. The lowest BCUT2D eigenvalue weighted by molar-refractivity contribution is 0.156. The van der Waals surface area contributed by atoms with Gasteiger partial charge in [-0.25, -0.2) is 0 Å². The van der Waals surface area contributed by atoms with Gasteiger partial charge in [-0.3, -0.25) is 9.36 Å². The minimum atomic E-state index is 0.0195. The summed E-state index contributed by atoms with van der Waals surface area (Å²) >= 11 is 5.35. The molecule has 1 N–H and O–H groups in total. The van der Waals surface area contributed by atoms with Crippen LogP contribution in [0, 0.1) is 4.77 Å². The van der Waals surface area contributed by atoms with E-state index in [9.17, 15) is 4.79 Å². The number of likely N-dealkylation sites (tertiary alicyclic amines) is 1. The van der Waals surface area contributed by atoms with Gasteiger partial charge in [-0.05, 0) is 57.1 Å². The topological polar surface area (TPSA) is 41.0 Å². The summed E-state index contributed by atoms with van der Waals surface area (Å²) in [6.07, 6.45) is 4.88. The molecule has 3 rings (SSSR count). The van der Waals surface area contributed by atoms with E-state index in [-0.39, 0.29) is 5.56 Å². The molecule has 1 atom stereocenters. The van der Waals surface area contributed by atoms with E-state index in [1.54, 1.807) is 4.57 Å². The third kappa shape index (κ3) is 3.15. The molecule has 22 heavy (non-hydrogen) atoms. The van der Waals surface area contributed by atoms with Gasteiger partial charge in [-0.2, -0.15) is 0 Å². The van der Waals surface area contributed by atoms with Gasteiger partial charge in [0.1, 0.15) is 0 Å². The number of piperidine rings is 1. The summed E-state index contributed by atoms with van der Waals surface area (Å²) < 4.78 is 2.22. The number of nitrogens with zero attached hydrogens (tertiary/aromatic N) is 2. The number of H-pyrrole nitrogens is 1. The maximum atomic E-state index is 12.6. The fraction of sp³-hybridized carbons (Fsp3) is 0.529. The van der Waals surface area contributed by atoms with Gasteiger partial charge in [0.15, 0.2) is 4.77 Å². The van der Waals surface area contributed by atoms with Crippen molar-refractivity contribution in [2.45, 2.75) is 45.2 Å². The molecule has 0 aliphatic carbocycles. The first-order valence-electron chi connectivity index (χ1n) is 8.13. The van der Waals surface area contributed by atoms with Gasteiger partial charge in [0, 0.05) is 19.1 Å². The number of nitrogens with one attached hydrogen (secondary N) is 1. The van der Waals surface area contributed by atoms with E-state index < -0.39 is 0 Å². The van der Waals surface area contributed by atoms with E-state index in [0.29, 0.717) is 22.7 Å². The first kappa shape index (κ1) is 15.4. The molecule has 4 nitrogen and oxygen atoms in total. The van der Waals surface area contributed by atoms with Crippen LogP contribution in [0.15, 0.2) is 29.1 Å². The summed E-state index contributed by atoms with van der Waals surface area (Å²) in [7, 11) is 0. The third-order valence-corrected chi connectivity index (χ3v) is 4.98. The van der Waals surface area contributed by atoms with Crippen LogP contribution in [0.2, 0.25) is 0 Å². The Morgan fingerprint density at radius 1 is 1.27 bits per heavy atom. The molecule has 1 aromatic heterocycles. The highest BCUT2D eigenvalue weighted by atomic mass is 32.1. The fourth-order valence-corrected chi connectivity index (χ4v) is 3.61. The normalized spacial score (nSPS) is 19.6. The lowest BCUT2D eigenvalue weighted by Crippen LogP contribution is -2.38. The van der Waals surface area contributed by atoms with Gasteiger partial charge in [0.05, 0.1) is 10.9 Å². The molecule has 2 heterocycles. The Balaban J connectivity index is 1.74. The molecular formula is C17H23N3OS. The first-order valence-corrected chi connectivity index (χ1v) is 8.53. The number of rotatable bonds is 4. The Bertz CT molecular complexity index is 764. The Morgan fingerprint density at radius 2 is 2.09 bits per heavy atom. The Hall–Kier alpha value is -1.46. The van der Waals surface area contributed by atoms with E-state index >= 15 is 0 Å². The van der Waals surface area contributed by atoms with Crippen LogP contribution in [-0.4, -0.2) is 33.6 Å². The smallest absolute Gasteiger partial charge is 0.262 e. The second-order valence-electron chi connectivity index (χ2n) is 6.17. The SMILES string of the molecule is C[C@@H]1CCCCN1CCCn1c(=S)[nH]c2ccccc2c1=O. The molecule has 1 aliphatic rings. The molecule has 5 heteroatoms. The van der Waals surface area contributed by atoms with E-state index in [1.165, 1.54) is 25.8 Å². The van der Waals surface area contributed by atoms with E-state index in [4.69, 9.17) is 12.2 Å². The van der Waals surface area contributed by atoms with E-state index in [0.717, 1.165) is 18.5 Å². The van der Waals surface area contributed by atoms with Crippen molar-refractivity contribution in [3.05, 3.63) is 39.4 Å². The first-order chi connectivity index (χ1) is 10.7. The molecule has 2 aromatic rings. The second kappa shape index (κ2) is 6.75. The van der Waals surface area contributed by atoms with Gasteiger partial charge >= 0.3 is 0 Å². The van der Waals surface area contributed by atoms with Gasteiger partial charge in [0.2, 0.25) is 0 Å². The van der Waals surface area contributed by atoms with E-state index in [1.807, 2.05) is 24.3 Å². The zero-order valence-electron chi connectivity index (χ0n) is 13.0. The highest BCUT2D eigenvalue weighted by Gasteiger charge is 2.17. The van der Waals surface area contributed by atoms with Crippen LogP contribution in [0.3, 0.4) is 0 Å². The third-order valence-electron chi connectivity index (χ3n) is 4.66. The molecule has 1 aliphatic heterocycles. The van der Waals surface area contributed by atoms with Gasteiger partial charge in [-0.1, -0.05) is 18.6 Å². The number of aromatic amines is 1. The minimum Gasteiger partial charge on any atom is -0.332 e. The zero-order chi connectivity index (χ0) is 15.5. The molecule has 0 radical (unpaired) electrons. The predicted molar refractivity (Wildman–Crippen MR) is 92.9 cm³/mol. The highest BCUT2D eigenvalue weighted by molar-refractivity contribution is 7.71. The molecule has 0 spiro atoms. The van der Waals surface area contributed by atoms with Gasteiger partial charge in [-0.15, -0.1) is 0 Å². The van der Waals surface area contributed by atoms with Crippen LogP contribution in [0.1, 0.15) is 32.6 Å². The monoisotopic (exact) mass is 317 g/mol. The van der Waals surface area contributed by atoms with Crippen molar-refractivity contribution < 1.29 is 0 Å². The minimum absolute atomic E-state index is 0.0195. The molecule has 0 saturated carbocycles. The van der Waals surface area contributed by atoms with Crippen molar-refractivity contribution in [3.63, 3.8) is 0 Å². The summed E-state index contributed by atoms with van der Waals surface area (Å²) in [5.41, 5.74) is 0.837. The fourth-order valence-electron chi connectivity index (χ4n) is 3.32. The number of hydrogen-bond acceptors (Lipinski definition) is 3. The maximum Gasteiger partial charge on any atom is 0.262 e. The van der Waals surface area contributed by atoms with E-state index in [2.05, 4.69) is 16.8 Å². The summed E-state index contributed by atoms with van der Waals surface area (Å²) in [5.74, 6) is 0. The van der Waals surface area contributed by atoms with Crippen molar-refractivity contribution in [3.8, 4) is 0 Å². The summed E-state index contributed by atoms with van der Waals surface area (Å²) in [6, 6.07) is 8.21. The van der Waals surface area contributed by atoms with Crippen molar-refractivity contribution in [2.75, 3.05) is 13.1 Å². The van der Waals surface area contributed by atoms with Crippen molar-refractivity contribution in [1.29, 1.82) is 0 Å². The number of aromatic nitrogens is 2. The summed E-state index contributed by atoms with van der Waals surface area (Å²) in [5, 5.41) is 0.711. The zero-order valence-corrected chi connectivity index (χ0v) is 13.9. The van der Waals surface area contributed by atoms with Crippen molar-refractivity contribution in [2.24, 2.45) is 0 Å². The van der Waals surface area contributed by atoms with Gasteiger partial charge in [0.25, 0.3) is 5.56 Å². The van der Waals surface area contributed by atoms with Gasteiger partial charge < -0.3 is 9.88 Å². The van der Waals surface area contributed by atoms with Crippen LogP contribution in [-0.2, 0) is 6.54 Å². The number of hydrogen-bond donors (Lipinski definition) is 1. The molecule has 0 amide bonds. The maximum absolute atomic E-state index is 12.6. The quantitative estimate of drug-likeness (QED) is 0.880. The Labute approximate surface area is 135 Å². The van der Waals surface area contributed by atoms with Crippen molar-refractivity contribution >= 4 is 23.1 Å². The lowest BCUT2D eigenvalue weighted by Gasteiger charge is -2.33. The second-order valence-corrected chi connectivity index (χ2v) is 6.55. The number of benzene rings is 1. The van der Waals surface area contributed by atoms with Crippen LogP contribution in [0.5, 0.6) is 0 Å². The number of fused-ring (bicyclic) bond motifs is 1. The van der Waals surface area contributed by atoms with Crippen LogP contribution < -0.4 is 5.56 Å². The lowest BCUT2D eigenvalue weighted by atomic mass is 10.0. The molecule has 0 unspecified atom stereocenters. The van der Waals surface area contributed by atoms with Crippen LogP contribution in [0.4, 0.5) is 0 Å². The average Bonchev–Trinajstić information content (AvgIpc) is 2.52. The largest absolute Gasteiger partial charge is 0.332 e. The highest BCUT2D eigenvalue weighted by Crippen LogP contribution is 2.16. The molecule has 1 saturated heterocycles. The Kier molecular flexibility index (Phi) is 4.74. The van der Waals surface area contributed by atoms with Crippen LogP contribution >= 0.6 is 12.2 Å². The standard InChI is InChI=1S/C17H23N3OS/c1-13-7-4-5-10-19(13)11-6-12-20-16(21)14-8-2-3-9-15(14)18-17(20)22/h2-3,8-9,13H,4-7,10-12H2,1H3,(H,18,22)/t13-/m1/s1. The predicted octanol–water partition coefficient (Wildman–Crippen LogP) is 3.32.